The number of aliphatic carboxylic acids is 5. The second-order valence-corrected chi connectivity index (χ2v) is 14.6. The van der Waals surface area contributed by atoms with Crippen molar-refractivity contribution in [2.24, 2.45) is 5.84 Å². The van der Waals surface area contributed by atoms with Gasteiger partial charge in [-0.25, -0.2) is 25.2 Å². The van der Waals surface area contributed by atoms with Gasteiger partial charge in [0.1, 0.15) is 36.0 Å². The maximum Gasteiger partial charge on any atom is 0.326 e. The quantitative estimate of drug-likeness (QED) is 0.0257. The number of aromatic nitrogens is 1. The first kappa shape index (κ1) is 51.5. The number of anilines is 1. The Morgan fingerprint density at radius 2 is 1.09 bits per heavy atom. The fraction of sp³-hybridized carbons (Fsp3) is 0.390. The van der Waals surface area contributed by atoms with Crippen LogP contribution in [0.1, 0.15) is 73.7 Å². The zero-order valence-corrected chi connectivity index (χ0v) is 34.8. The third kappa shape index (κ3) is 18.2. The number of nitrogens with zero attached hydrogens (tertiary/aromatic N) is 1. The Morgan fingerprint density at radius 1 is 0.554 bits per heavy atom. The monoisotopic (exact) mass is 909 g/mol. The molecule has 0 aliphatic rings. The highest BCUT2D eigenvalue weighted by Crippen LogP contribution is 2.17. The normalized spacial score (nSPS) is 13.1. The summed E-state index contributed by atoms with van der Waals surface area (Å²) in [7, 11) is 0. The Hall–Kier alpha value is -7.89. The van der Waals surface area contributed by atoms with Gasteiger partial charge in [0.05, 0.1) is 5.56 Å². The number of rotatable bonds is 28. The first-order chi connectivity index (χ1) is 30.9. The summed E-state index contributed by atoms with van der Waals surface area (Å²) < 4.78 is 0. The van der Waals surface area contributed by atoms with Crippen LogP contribution in [0.25, 0.3) is 10.8 Å². The highest BCUT2D eigenvalue weighted by atomic mass is 16.4. The number of hydrazine groups is 1. The Morgan fingerprint density at radius 3 is 1.63 bits per heavy atom. The van der Waals surface area contributed by atoms with Gasteiger partial charge < -0.3 is 62.9 Å². The van der Waals surface area contributed by atoms with E-state index < -0.39 is 128 Å². The molecule has 1 heterocycles. The van der Waals surface area contributed by atoms with Crippen LogP contribution in [0.2, 0.25) is 0 Å². The SMILES string of the molecule is NNc1ccc(C(=O)NC(CCC(=O)O)C(=O)NC(CCC(=O)O)C(=O)NC(Cc2ccc3ccccc3c2)C(=O)NCCCCC(NC(=O)NC(CCC(=O)O)C(=O)O)C(=O)O)cn1. The molecule has 1 aromatic heterocycles. The predicted molar refractivity (Wildman–Crippen MR) is 227 cm³/mol. The van der Waals surface area contributed by atoms with E-state index >= 15 is 0 Å². The van der Waals surface area contributed by atoms with Crippen molar-refractivity contribution >= 4 is 76.1 Å². The minimum absolute atomic E-state index is 0.0250. The van der Waals surface area contributed by atoms with Gasteiger partial charge in [-0.2, -0.15) is 0 Å². The van der Waals surface area contributed by atoms with Crippen molar-refractivity contribution in [2.75, 3.05) is 12.0 Å². The maximum absolute atomic E-state index is 13.9. The molecule has 0 radical (unpaired) electrons. The molecule has 0 saturated heterocycles. The average Bonchev–Trinajstić information content (AvgIpc) is 3.26. The second-order valence-electron chi connectivity index (χ2n) is 14.6. The molecule has 24 nitrogen and oxygen atoms in total. The van der Waals surface area contributed by atoms with Gasteiger partial charge in [-0.3, -0.25) is 33.6 Å². The molecule has 2 aromatic carbocycles. The lowest BCUT2D eigenvalue weighted by Gasteiger charge is -2.25. The van der Waals surface area contributed by atoms with Gasteiger partial charge in [-0.15, -0.1) is 0 Å². The van der Waals surface area contributed by atoms with Gasteiger partial charge in [0.2, 0.25) is 17.7 Å². The van der Waals surface area contributed by atoms with Crippen LogP contribution in [0, 0.1) is 0 Å². The Labute approximate surface area is 370 Å². The number of carbonyl (C=O) groups excluding carboxylic acids is 5. The fourth-order valence-corrected chi connectivity index (χ4v) is 6.23. The minimum atomic E-state index is -1.60. The van der Waals surface area contributed by atoms with Gasteiger partial charge in [-0.1, -0.05) is 42.5 Å². The summed E-state index contributed by atoms with van der Waals surface area (Å²) in [6, 6.07) is 6.62. The van der Waals surface area contributed by atoms with E-state index in [1.807, 2.05) is 23.5 Å². The molecule has 0 aliphatic heterocycles. The molecule has 24 heteroatoms. The van der Waals surface area contributed by atoms with E-state index in [2.05, 4.69) is 37.0 Å². The predicted octanol–water partition coefficient (Wildman–Crippen LogP) is -0.0824. The summed E-state index contributed by atoms with van der Waals surface area (Å²) in [6.45, 7) is -0.0666. The average molecular weight is 910 g/mol. The first-order valence-electron chi connectivity index (χ1n) is 20.1. The van der Waals surface area contributed by atoms with Crippen molar-refractivity contribution in [3.63, 3.8) is 0 Å². The van der Waals surface area contributed by atoms with Crippen LogP contribution in [0.15, 0.2) is 60.8 Å². The summed E-state index contributed by atoms with van der Waals surface area (Å²) in [5.41, 5.74) is 2.85. The number of nitrogen functional groups attached to an aromatic ring is 1. The number of hydrogen-bond acceptors (Lipinski definition) is 13. The van der Waals surface area contributed by atoms with Gasteiger partial charge >= 0.3 is 35.9 Å². The van der Waals surface area contributed by atoms with E-state index in [9.17, 15) is 68.4 Å². The smallest absolute Gasteiger partial charge is 0.326 e. The highest BCUT2D eigenvalue weighted by Gasteiger charge is 2.31. The van der Waals surface area contributed by atoms with Crippen LogP contribution in [0.5, 0.6) is 0 Å². The van der Waals surface area contributed by atoms with Crippen molar-refractivity contribution in [3.8, 4) is 0 Å². The van der Waals surface area contributed by atoms with Crippen LogP contribution in [0.3, 0.4) is 0 Å². The Kier molecular flexibility index (Phi) is 20.5. The molecule has 5 unspecified atom stereocenters. The van der Waals surface area contributed by atoms with E-state index in [0.717, 1.165) is 17.0 Å². The second kappa shape index (κ2) is 25.9. The van der Waals surface area contributed by atoms with E-state index in [0.29, 0.717) is 5.56 Å². The number of carboxylic acids is 5. The lowest BCUT2D eigenvalue weighted by atomic mass is 10.00. The van der Waals surface area contributed by atoms with E-state index in [-0.39, 0.29) is 43.6 Å². The molecule has 3 aromatic rings. The molecule has 14 N–H and O–H groups in total. The van der Waals surface area contributed by atoms with Gasteiger partial charge in [-0.05, 0) is 67.0 Å². The fourth-order valence-electron chi connectivity index (χ4n) is 6.23. The molecule has 350 valence electrons. The van der Waals surface area contributed by atoms with Gasteiger partial charge in [0.25, 0.3) is 5.91 Å². The topological polar surface area (TPSA) is 395 Å². The number of unbranched alkanes of at least 4 members (excludes halogenated alkanes) is 1. The Bertz CT molecular complexity index is 2210. The zero-order valence-electron chi connectivity index (χ0n) is 34.8. The molecular weight excluding hydrogens is 858 g/mol. The van der Waals surface area contributed by atoms with Crippen molar-refractivity contribution in [3.05, 3.63) is 71.9 Å². The van der Waals surface area contributed by atoms with Crippen molar-refractivity contribution in [1.82, 2.24) is 36.9 Å². The summed E-state index contributed by atoms with van der Waals surface area (Å²) in [5.74, 6) is -4.95. The molecule has 0 fully saturated rings. The maximum atomic E-state index is 13.9. The number of urea groups is 1. The minimum Gasteiger partial charge on any atom is -0.481 e. The number of pyridine rings is 1. The molecule has 3 rings (SSSR count). The third-order valence-corrected chi connectivity index (χ3v) is 9.68. The van der Waals surface area contributed by atoms with Crippen molar-refractivity contribution in [1.29, 1.82) is 0 Å². The number of amides is 6. The van der Waals surface area contributed by atoms with Crippen molar-refractivity contribution < 1.29 is 73.5 Å². The first-order valence-corrected chi connectivity index (χ1v) is 20.1. The molecule has 0 saturated carbocycles. The number of nitrogens with one attached hydrogen (secondary N) is 7. The van der Waals surface area contributed by atoms with Gasteiger partial charge in [0.15, 0.2) is 0 Å². The third-order valence-electron chi connectivity index (χ3n) is 9.68. The molecule has 0 spiro atoms. The van der Waals surface area contributed by atoms with Crippen LogP contribution >= 0.6 is 0 Å². The Balaban J connectivity index is 1.76. The molecular formula is C41H51N9O15. The van der Waals surface area contributed by atoms with E-state index in [4.69, 9.17) is 10.9 Å². The van der Waals surface area contributed by atoms with E-state index in [1.165, 1.54) is 12.1 Å². The highest BCUT2D eigenvalue weighted by molar-refractivity contribution is 5.99. The van der Waals surface area contributed by atoms with Crippen molar-refractivity contribution in [2.45, 2.75) is 94.4 Å². The van der Waals surface area contributed by atoms with Crippen LogP contribution in [0.4, 0.5) is 10.6 Å². The lowest BCUT2D eigenvalue weighted by molar-refractivity contribution is -0.141. The standard InChI is InChI=1S/C41H51N9O15/c42-50-31-14-10-25(21-44-31)35(57)45-26(11-15-32(51)52)37(59)46-27(12-16-33(53)54)38(60)47-30(20-22-8-9-23-5-1-2-6-24(23)19-22)36(58)43-18-4-3-7-28(39(61)62)48-41(65)49-29(40(63)64)13-17-34(55)56/h1-2,5-6,8-10,14,19,21,26-30H,3-4,7,11-13,15-18,20,42H2,(H,43,58)(H,44,50)(H,45,57)(H,46,59)(H,47,60)(H,51,52)(H,53,54)(H,55,56)(H,61,62)(H,63,64)(H2,48,49,65). The number of benzene rings is 2. The molecule has 6 amide bonds. The molecule has 0 aliphatic carbocycles. The number of nitrogens with two attached hydrogens (primary N) is 1. The molecule has 5 atom stereocenters. The number of hydrogen-bond donors (Lipinski definition) is 13. The summed E-state index contributed by atoms with van der Waals surface area (Å²) >= 11 is 0. The van der Waals surface area contributed by atoms with Gasteiger partial charge in [0, 0.05) is 38.4 Å². The number of fused-ring (bicyclic) bond motifs is 1. The largest absolute Gasteiger partial charge is 0.481 e. The van der Waals surface area contributed by atoms with Crippen LogP contribution < -0.4 is 43.2 Å². The number of carboxylic acid groups (broad SMARTS) is 5. The lowest BCUT2D eigenvalue weighted by Crippen LogP contribution is -2.57. The zero-order chi connectivity index (χ0) is 48.1. The van der Waals surface area contributed by atoms with E-state index in [1.54, 1.807) is 24.3 Å². The molecule has 65 heavy (non-hydrogen) atoms. The molecule has 0 bridgehead atoms. The summed E-state index contributed by atoms with van der Waals surface area (Å²) in [6.07, 6.45) is -2.02. The number of carbonyl (C=O) groups is 10. The van der Waals surface area contributed by atoms with Crippen LogP contribution in [-0.2, 0) is 44.8 Å². The summed E-state index contributed by atoms with van der Waals surface area (Å²) in [5, 5.41) is 62.4. The van der Waals surface area contributed by atoms with Crippen LogP contribution in [-0.4, -0.2) is 127 Å². The summed E-state index contributed by atoms with van der Waals surface area (Å²) in [4.78, 5) is 128.